The van der Waals surface area contributed by atoms with E-state index in [1.165, 1.54) is 25.7 Å². The molecule has 3 heteroatoms. The van der Waals surface area contributed by atoms with Gasteiger partial charge in [-0.2, -0.15) is 0 Å². The molecule has 2 rings (SSSR count). The van der Waals surface area contributed by atoms with Gasteiger partial charge in [0.1, 0.15) is 5.54 Å². The highest BCUT2D eigenvalue weighted by Gasteiger charge is 2.52. The van der Waals surface area contributed by atoms with Crippen molar-refractivity contribution in [3.8, 4) is 0 Å². The highest BCUT2D eigenvalue weighted by atomic mass is 16.4. The van der Waals surface area contributed by atoms with E-state index >= 15 is 0 Å². The first kappa shape index (κ1) is 10.9. The van der Waals surface area contributed by atoms with E-state index in [-0.39, 0.29) is 0 Å². The molecule has 0 aromatic carbocycles. The predicted molar refractivity (Wildman–Crippen MR) is 58.8 cm³/mol. The van der Waals surface area contributed by atoms with E-state index in [4.69, 9.17) is 0 Å². The maximum atomic E-state index is 11.2. The second kappa shape index (κ2) is 3.48. The summed E-state index contributed by atoms with van der Waals surface area (Å²) < 4.78 is 0. The van der Waals surface area contributed by atoms with Crippen LogP contribution in [0.5, 0.6) is 0 Å². The molecule has 86 valence electrons. The van der Waals surface area contributed by atoms with Crippen molar-refractivity contribution in [1.82, 2.24) is 4.90 Å². The van der Waals surface area contributed by atoms with Gasteiger partial charge in [0.15, 0.2) is 0 Å². The molecule has 3 nitrogen and oxygen atoms in total. The molecule has 1 N–H and O–H groups in total. The molecule has 1 saturated heterocycles. The quantitative estimate of drug-likeness (QED) is 0.777. The molecule has 2 fully saturated rings. The van der Waals surface area contributed by atoms with Crippen LogP contribution < -0.4 is 0 Å². The van der Waals surface area contributed by atoms with Gasteiger partial charge in [-0.1, -0.05) is 19.8 Å². The highest BCUT2D eigenvalue weighted by molar-refractivity contribution is 5.78. The van der Waals surface area contributed by atoms with Gasteiger partial charge < -0.3 is 5.11 Å². The number of rotatable bonds is 3. The summed E-state index contributed by atoms with van der Waals surface area (Å²) in [7, 11) is 0. The van der Waals surface area contributed by atoms with Crippen molar-refractivity contribution >= 4 is 5.97 Å². The van der Waals surface area contributed by atoms with Crippen LogP contribution >= 0.6 is 0 Å². The minimum atomic E-state index is -0.669. The average molecular weight is 211 g/mol. The molecule has 1 aliphatic heterocycles. The van der Waals surface area contributed by atoms with Crippen molar-refractivity contribution < 1.29 is 9.90 Å². The van der Waals surface area contributed by atoms with Gasteiger partial charge >= 0.3 is 5.97 Å². The summed E-state index contributed by atoms with van der Waals surface area (Å²) >= 11 is 0. The van der Waals surface area contributed by atoms with Crippen LogP contribution in [0.3, 0.4) is 0 Å². The molecule has 1 saturated carbocycles. The summed E-state index contributed by atoms with van der Waals surface area (Å²) in [5.41, 5.74) is -0.139. The van der Waals surface area contributed by atoms with Crippen LogP contribution in [0.1, 0.15) is 46.0 Å². The Labute approximate surface area is 91.5 Å². The van der Waals surface area contributed by atoms with E-state index in [2.05, 4.69) is 4.90 Å². The fraction of sp³-hybridized carbons (Fsp3) is 0.917. The predicted octanol–water partition coefficient (Wildman–Crippen LogP) is 2.12. The zero-order valence-corrected chi connectivity index (χ0v) is 9.75. The largest absolute Gasteiger partial charge is 0.480 e. The van der Waals surface area contributed by atoms with Crippen molar-refractivity contribution in [3.05, 3.63) is 0 Å². The summed E-state index contributed by atoms with van der Waals surface area (Å²) in [4.78, 5) is 13.4. The Morgan fingerprint density at radius 2 is 1.93 bits per heavy atom. The van der Waals surface area contributed by atoms with Gasteiger partial charge in [-0.3, -0.25) is 9.69 Å². The number of hydrogen-bond donors (Lipinski definition) is 1. The SMILES string of the molecule is CCC(C)(C(=O)O)N1CC2(CCCC2)C1. The van der Waals surface area contributed by atoms with Gasteiger partial charge in [-0.15, -0.1) is 0 Å². The van der Waals surface area contributed by atoms with Crippen molar-refractivity contribution in [2.45, 2.75) is 51.5 Å². The summed E-state index contributed by atoms with van der Waals surface area (Å²) in [5.74, 6) is -0.669. The Kier molecular flexibility index (Phi) is 2.53. The molecule has 0 bridgehead atoms. The van der Waals surface area contributed by atoms with Gasteiger partial charge in [0, 0.05) is 13.1 Å². The van der Waals surface area contributed by atoms with Crippen LogP contribution in [0.15, 0.2) is 0 Å². The number of hydrogen-bond acceptors (Lipinski definition) is 2. The molecule has 0 aromatic rings. The Balaban J connectivity index is 2.00. The van der Waals surface area contributed by atoms with Crippen LogP contribution in [-0.4, -0.2) is 34.6 Å². The first-order valence-electron chi connectivity index (χ1n) is 6.01. The Bertz CT molecular complexity index is 263. The maximum Gasteiger partial charge on any atom is 0.323 e. The Morgan fingerprint density at radius 3 is 2.33 bits per heavy atom. The standard InChI is InChI=1S/C12H21NO2/c1-3-11(2,10(14)15)13-8-12(9-13)6-4-5-7-12/h3-9H2,1-2H3,(H,14,15). The maximum absolute atomic E-state index is 11.2. The Hall–Kier alpha value is -0.570. The van der Waals surface area contributed by atoms with E-state index in [9.17, 15) is 9.90 Å². The molecule has 0 amide bonds. The van der Waals surface area contributed by atoms with Crippen LogP contribution in [-0.2, 0) is 4.79 Å². The van der Waals surface area contributed by atoms with Gasteiger partial charge in [0.2, 0.25) is 0 Å². The molecular formula is C12H21NO2. The van der Waals surface area contributed by atoms with Crippen molar-refractivity contribution in [1.29, 1.82) is 0 Å². The summed E-state index contributed by atoms with van der Waals surface area (Å²) in [6.07, 6.45) is 5.98. The number of carboxylic acid groups (broad SMARTS) is 1. The minimum absolute atomic E-state index is 0.492. The zero-order chi connectivity index (χ0) is 11.1. The average Bonchev–Trinajstić information content (AvgIpc) is 2.62. The first-order chi connectivity index (χ1) is 7.02. The normalized spacial score (nSPS) is 28.7. The topological polar surface area (TPSA) is 40.5 Å². The third-order valence-electron chi connectivity index (χ3n) is 4.56. The van der Waals surface area contributed by atoms with E-state index < -0.39 is 11.5 Å². The van der Waals surface area contributed by atoms with E-state index in [1.54, 1.807) is 0 Å². The molecule has 1 heterocycles. The van der Waals surface area contributed by atoms with Gasteiger partial charge in [-0.25, -0.2) is 0 Å². The fourth-order valence-electron chi connectivity index (χ4n) is 3.06. The number of carboxylic acids is 1. The second-order valence-electron chi connectivity index (χ2n) is 5.50. The molecule has 1 atom stereocenters. The van der Waals surface area contributed by atoms with Crippen molar-refractivity contribution in [2.24, 2.45) is 5.41 Å². The molecule has 15 heavy (non-hydrogen) atoms. The molecule has 0 radical (unpaired) electrons. The van der Waals surface area contributed by atoms with Crippen molar-refractivity contribution in [3.63, 3.8) is 0 Å². The smallest absolute Gasteiger partial charge is 0.323 e. The number of carbonyl (C=O) groups is 1. The third kappa shape index (κ3) is 1.57. The van der Waals surface area contributed by atoms with Crippen LogP contribution in [0.25, 0.3) is 0 Å². The van der Waals surface area contributed by atoms with Crippen LogP contribution in [0.2, 0.25) is 0 Å². The zero-order valence-electron chi connectivity index (χ0n) is 9.75. The third-order valence-corrected chi connectivity index (χ3v) is 4.56. The minimum Gasteiger partial charge on any atom is -0.480 e. The summed E-state index contributed by atoms with van der Waals surface area (Å²) in [6.45, 7) is 5.83. The second-order valence-corrected chi connectivity index (χ2v) is 5.50. The lowest BCUT2D eigenvalue weighted by Crippen LogP contribution is -2.66. The summed E-state index contributed by atoms with van der Waals surface area (Å²) in [6, 6.07) is 0. The lowest BCUT2D eigenvalue weighted by atomic mass is 9.74. The van der Waals surface area contributed by atoms with Crippen LogP contribution in [0, 0.1) is 5.41 Å². The molecule has 1 spiro atoms. The number of aliphatic carboxylic acids is 1. The molecule has 2 aliphatic rings. The molecule has 0 aromatic heterocycles. The highest BCUT2D eigenvalue weighted by Crippen LogP contribution is 2.48. The number of nitrogens with zero attached hydrogens (tertiary/aromatic N) is 1. The first-order valence-corrected chi connectivity index (χ1v) is 6.01. The van der Waals surface area contributed by atoms with E-state index in [0.717, 1.165) is 13.1 Å². The number of likely N-dealkylation sites (tertiary alicyclic amines) is 1. The lowest BCUT2D eigenvalue weighted by molar-refractivity contribution is -0.161. The van der Waals surface area contributed by atoms with Gasteiger partial charge in [-0.05, 0) is 31.6 Å². The lowest BCUT2D eigenvalue weighted by Gasteiger charge is -2.54. The van der Waals surface area contributed by atoms with E-state index in [1.807, 2.05) is 13.8 Å². The van der Waals surface area contributed by atoms with Crippen molar-refractivity contribution in [2.75, 3.05) is 13.1 Å². The monoisotopic (exact) mass is 211 g/mol. The Morgan fingerprint density at radius 1 is 1.40 bits per heavy atom. The molecule has 1 unspecified atom stereocenters. The summed E-state index contributed by atoms with van der Waals surface area (Å²) in [5, 5.41) is 9.26. The van der Waals surface area contributed by atoms with Crippen LogP contribution in [0.4, 0.5) is 0 Å². The molecule has 1 aliphatic carbocycles. The van der Waals surface area contributed by atoms with Gasteiger partial charge in [0.05, 0.1) is 0 Å². The van der Waals surface area contributed by atoms with E-state index in [0.29, 0.717) is 11.8 Å². The molecular weight excluding hydrogens is 190 g/mol. The van der Waals surface area contributed by atoms with Gasteiger partial charge in [0.25, 0.3) is 0 Å². The fourth-order valence-corrected chi connectivity index (χ4v) is 3.06.